The monoisotopic (exact) mass is 215 g/mol. The van der Waals surface area contributed by atoms with Crippen LogP contribution in [0.4, 0.5) is 5.69 Å². The molecular weight excluding hydrogens is 209 g/mol. The number of isocyanates is 1. The van der Waals surface area contributed by atoms with Crippen molar-refractivity contribution < 1.29 is 4.79 Å². The van der Waals surface area contributed by atoms with Crippen LogP contribution in [0.2, 0.25) is 0 Å². The molecule has 0 aromatic heterocycles. The van der Waals surface area contributed by atoms with E-state index in [0.717, 1.165) is 11.1 Å². The lowest BCUT2D eigenvalue weighted by atomic mass is 10.1. The quantitative estimate of drug-likeness (QED) is 0.433. The minimum atomic E-state index is 0.311. The van der Waals surface area contributed by atoms with E-state index in [1.54, 1.807) is 12.1 Å². The summed E-state index contributed by atoms with van der Waals surface area (Å²) in [7, 11) is 0. The summed E-state index contributed by atoms with van der Waals surface area (Å²) in [5.41, 5.74) is 2.31. The highest BCUT2D eigenvalue weighted by molar-refractivity contribution is 6.18. The molecule has 0 aliphatic heterocycles. The second-order valence-electron chi connectivity index (χ2n) is 2.43. The molecule has 68 valence electrons. The molecule has 0 saturated heterocycles. The fourth-order valence-electron chi connectivity index (χ4n) is 0.987. The van der Waals surface area contributed by atoms with Crippen LogP contribution in [0.15, 0.2) is 23.2 Å². The fourth-order valence-corrected chi connectivity index (χ4v) is 1.37. The highest BCUT2D eigenvalue weighted by atomic mass is 35.5. The van der Waals surface area contributed by atoms with Crippen LogP contribution in [-0.2, 0) is 16.6 Å². The van der Waals surface area contributed by atoms with Crippen molar-refractivity contribution in [2.75, 3.05) is 0 Å². The molecule has 0 aliphatic carbocycles. The lowest BCUT2D eigenvalue weighted by Gasteiger charge is -2.02. The highest BCUT2D eigenvalue weighted by Crippen LogP contribution is 2.22. The second kappa shape index (κ2) is 5.03. The number of benzene rings is 1. The van der Waals surface area contributed by atoms with Gasteiger partial charge in [-0.25, -0.2) is 4.79 Å². The van der Waals surface area contributed by atoms with E-state index < -0.39 is 0 Å². The highest BCUT2D eigenvalue weighted by Gasteiger charge is 2.01. The summed E-state index contributed by atoms with van der Waals surface area (Å²) in [5, 5.41) is 0. The molecule has 0 aliphatic rings. The van der Waals surface area contributed by atoms with Gasteiger partial charge in [0, 0.05) is 11.8 Å². The van der Waals surface area contributed by atoms with Crippen LogP contribution >= 0.6 is 23.2 Å². The van der Waals surface area contributed by atoms with Crippen LogP contribution in [0.5, 0.6) is 0 Å². The zero-order valence-corrected chi connectivity index (χ0v) is 8.27. The zero-order valence-electron chi connectivity index (χ0n) is 6.76. The molecule has 1 aromatic carbocycles. The van der Waals surface area contributed by atoms with Crippen molar-refractivity contribution in [3.8, 4) is 0 Å². The normalized spacial score (nSPS) is 9.38. The molecule has 0 amide bonds. The average molecular weight is 216 g/mol. The van der Waals surface area contributed by atoms with Gasteiger partial charge in [-0.05, 0) is 17.2 Å². The van der Waals surface area contributed by atoms with Gasteiger partial charge in [-0.2, -0.15) is 4.99 Å². The SMILES string of the molecule is O=C=Nc1ccc(CCl)cc1CCl. The van der Waals surface area contributed by atoms with Crippen LogP contribution in [-0.4, -0.2) is 6.08 Å². The predicted molar refractivity (Wildman–Crippen MR) is 53.3 cm³/mol. The molecule has 0 heterocycles. The Bertz CT molecular complexity index is 345. The Labute approximate surface area is 86.2 Å². The standard InChI is InChI=1S/C9H7Cl2NO/c10-4-7-1-2-9(12-6-13)8(3-7)5-11/h1-3H,4-5H2. The number of hydrogen-bond donors (Lipinski definition) is 0. The van der Waals surface area contributed by atoms with Crippen molar-refractivity contribution in [3.05, 3.63) is 29.3 Å². The number of carbonyl (C=O) groups excluding carboxylic acids is 1. The van der Waals surface area contributed by atoms with Crippen LogP contribution in [0.3, 0.4) is 0 Å². The molecule has 0 radical (unpaired) electrons. The predicted octanol–water partition coefficient (Wildman–Crippen LogP) is 3.13. The van der Waals surface area contributed by atoms with Gasteiger partial charge in [0.05, 0.1) is 5.69 Å². The van der Waals surface area contributed by atoms with E-state index >= 15 is 0 Å². The molecule has 0 unspecified atom stereocenters. The third-order valence-corrected chi connectivity index (χ3v) is 2.20. The Morgan fingerprint density at radius 3 is 2.62 bits per heavy atom. The Morgan fingerprint density at radius 1 is 1.31 bits per heavy atom. The average Bonchev–Trinajstić information content (AvgIpc) is 2.19. The van der Waals surface area contributed by atoms with Gasteiger partial charge in [0.25, 0.3) is 0 Å². The number of aliphatic imine (C=N–C) groups is 1. The maximum Gasteiger partial charge on any atom is 0.240 e. The van der Waals surface area contributed by atoms with Gasteiger partial charge in [-0.1, -0.05) is 12.1 Å². The number of alkyl halides is 2. The van der Waals surface area contributed by atoms with E-state index in [1.165, 1.54) is 6.08 Å². The molecule has 0 saturated carbocycles. The molecule has 1 rings (SSSR count). The molecule has 13 heavy (non-hydrogen) atoms. The molecule has 0 fully saturated rings. The fraction of sp³-hybridized carbons (Fsp3) is 0.222. The van der Waals surface area contributed by atoms with Crippen molar-refractivity contribution in [1.82, 2.24) is 0 Å². The first-order valence-corrected chi connectivity index (χ1v) is 4.70. The molecule has 4 heteroatoms. The Balaban J connectivity index is 3.15. The first-order chi connectivity index (χ1) is 6.31. The Kier molecular flexibility index (Phi) is 3.97. The summed E-state index contributed by atoms with van der Waals surface area (Å²) in [6, 6.07) is 5.34. The summed E-state index contributed by atoms with van der Waals surface area (Å²) < 4.78 is 0. The molecule has 2 nitrogen and oxygen atoms in total. The van der Waals surface area contributed by atoms with Gasteiger partial charge >= 0.3 is 0 Å². The van der Waals surface area contributed by atoms with Crippen molar-refractivity contribution in [2.24, 2.45) is 4.99 Å². The van der Waals surface area contributed by atoms with Crippen molar-refractivity contribution in [3.63, 3.8) is 0 Å². The van der Waals surface area contributed by atoms with E-state index in [2.05, 4.69) is 4.99 Å². The van der Waals surface area contributed by atoms with Crippen molar-refractivity contribution >= 4 is 35.0 Å². The second-order valence-corrected chi connectivity index (χ2v) is 2.97. The molecular formula is C9H7Cl2NO. The topological polar surface area (TPSA) is 29.4 Å². The van der Waals surface area contributed by atoms with E-state index in [4.69, 9.17) is 23.2 Å². The lowest BCUT2D eigenvalue weighted by molar-refractivity contribution is 0.565. The zero-order chi connectivity index (χ0) is 9.68. The number of hydrogen-bond acceptors (Lipinski definition) is 2. The largest absolute Gasteiger partial charge is 0.240 e. The summed E-state index contributed by atoms with van der Waals surface area (Å²) in [6.07, 6.45) is 1.48. The van der Waals surface area contributed by atoms with Gasteiger partial charge in [-0.15, -0.1) is 23.2 Å². The van der Waals surface area contributed by atoms with E-state index in [-0.39, 0.29) is 0 Å². The van der Waals surface area contributed by atoms with Crippen LogP contribution in [0, 0.1) is 0 Å². The molecule has 0 spiro atoms. The minimum absolute atomic E-state index is 0.311. The van der Waals surface area contributed by atoms with E-state index in [9.17, 15) is 4.79 Å². The maximum absolute atomic E-state index is 10.0. The summed E-state index contributed by atoms with van der Waals surface area (Å²) in [4.78, 5) is 13.6. The van der Waals surface area contributed by atoms with Crippen molar-refractivity contribution in [1.29, 1.82) is 0 Å². The van der Waals surface area contributed by atoms with Crippen LogP contribution < -0.4 is 0 Å². The summed E-state index contributed by atoms with van der Waals surface area (Å²) in [6.45, 7) is 0. The number of nitrogens with zero attached hydrogens (tertiary/aromatic N) is 1. The molecule has 0 bridgehead atoms. The van der Waals surface area contributed by atoms with Gasteiger partial charge in [0.15, 0.2) is 0 Å². The third-order valence-electron chi connectivity index (χ3n) is 1.61. The van der Waals surface area contributed by atoms with Gasteiger partial charge < -0.3 is 0 Å². The van der Waals surface area contributed by atoms with Gasteiger partial charge in [-0.3, -0.25) is 0 Å². The van der Waals surface area contributed by atoms with Gasteiger partial charge in [0.2, 0.25) is 6.08 Å². The van der Waals surface area contributed by atoms with Crippen molar-refractivity contribution in [2.45, 2.75) is 11.8 Å². The Hall–Kier alpha value is -0.820. The smallest absolute Gasteiger partial charge is 0.211 e. The lowest BCUT2D eigenvalue weighted by Crippen LogP contribution is -1.83. The first kappa shape index (κ1) is 10.3. The third kappa shape index (κ3) is 2.56. The van der Waals surface area contributed by atoms with Crippen LogP contribution in [0.1, 0.15) is 11.1 Å². The molecule has 1 aromatic rings. The molecule has 0 N–H and O–H groups in total. The maximum atomic E-state index is 10.0. The summed E-state index contributed by atoms with van der Waals surface area (Å²) in [5.74, 6) is 0.736. The summed E-state index contributed by atoms with van der Waals surface area (Å²) >= 11 is 11.3. The van der Waals surface area contributed by atoms with E-state index in [0.29, 0.717) is 17.4 Å². The number of halogens is 2. The Morgan fingerprint density at radius 2 is 2.08 bits per heavy atom. The minimum Gasteiger partial charge on any atom is -0.211 e. The first-order valence-electron chi connectivity index (χ1n) is 3.63. The van der Waals surface area contributed by atoms with Gasteiger partial charge in [0.1, 0.15) is 0 Å². The van der Waals surface area contributed by atoms with Crippen LogP contribution in [0.25, 0.3) is 0 Å². The molecule has 0 atom stereocenters. The van der Waals surface area contributed by atoms with E-state index in [1.807, 2.05) is 6.07 Å². The number of rotatable bonds is 3.